The van der Waals surface area contributed by atoms with Gasteiger partial charge in [0.1, 0.15) is 11.9 Å². The minimum Gasteiger partial charge on any atom is -0.370 e. The van der Waals surface area contributed by atoms with E-state index in [1.807, 2.05) is 36.0 Å². The molecule has 1 fully saturated rings. The molecule has 1 N–H and O–H groups in total. The van der Waals surface area contributed by atoms with Crippen LogP contribution in [-0.4, -0.2) is 56.7 Å². The third kappa shape index (κ3) is 5.21. The summed E-state index contributed by atoms with van der Waals surface area (Å²) < 4.78 is 44.9. The molecule has 6 nitrogen and oxygen atoms in total. The summed E-state index contributed by atoms with van der Waals surface area (Å²) in [6.07, 6.45) is -3.10. The van der Waals surface area contributed by atoms with Gasteiger partial charge in [0, 0.05) is 46.0 Å². The van der Waals surface area contributed by atoms with Crippen LogP contribution in [0.15, 0.2) is 47.6 Å². The molecule has 0 saturated carbocycles. The van der Waals surface area contributed by atoms with Crippen LogP contribution in [0.3, 0.4) is 0 Å². The highest BCUT2D eigenvalue weighted by Gasteiger charge is 2.32. The van der Waals surface area contributed by atoms with Gasteiger partial charge in [0.05, 0.1) is 18.7 Å². The number of anilines is 1. The second kappa shape index (κ2) is 9.34. The van der Waals surface area contributed by atoms with Crippen molar-refractivity contribution in [2.45, 2.75) is 18.8 Å². The number of ether oxygens (including phenoxy) is 1. The summed E-state index contributed by atoms with van der Waals surface area (Å²) in [6, 6.07) is 9.18. The van der Waals surface area contributed by atoms with E-state index in [0.717, 1.165) is 23.5 Å². The minimum atomic E-state index is -4.38. The van der Waals surface area contributed by atoms with Gasteiger partial charge in [0.25, 0.3) is 0 Å². The first-order valence-corrected chi connectivity index (χ1v) is 9.65. The monoisotopic (exact) mass is 421 g/mol. The SMILES string of the molecule is CN=C(NCc1cccnc1N(C)C)N1CCOC(c2cccc(C(F)(F)F)c2)C1. The second-order valence-corrected chi connectivity index (χ2v) is 7.21. The highest BCUT2D eigenvalue weighted by Crippen LogP contribution is 2.32. The van der Waals surface area contributed by atoms with E-state index in [2.05, 4.69) is 15.3 Å². The predicted molar refractivity (Wildman–Crippen MR) is 110 cm³/mol. The summed E-state index contributed by atoms with van der Waals surface area (Å²) in [4.78, 5) is 12.7. The number of benzene rings is 1. The van der Waals surface area contributed by atoms with E-state index in [0.29, 0.717) is 37.8 Å². The smallest absolute Gasteiger partial charge is 0.370 e. The van der Waals surface area contributed by atoms with E-state index in [-0.39, 0.29) is 0 Å². The summed E-state index contributed by atoms with van der Waals surface area (Å²) in [6.45, 7) is 1.94. The van der Waals surface area contributed by atoms with E-state index in [1.54, 1.807) is 19.3 Å². The van der Waals surface area contributed by atoms with Crippen molar-refractivity contribution < 1.29 is 17.9 Å². The number of hydrogen-bond donors (Lipinski definition) is 1. The molecule has 1 aromatic carbocycles. The second-order valence-electron chi connectivity index (χ2n) is 7.21. The largest absolute Gasteiger partial charge is 0.416 e. The van der Waals surface area contributed by atoms with Crippen molar-refractivity contribution in [3.8, 4) is 0 Å². The van der Waals surface area contributed by atoms with Gasteiger partial charge in [-0.25, -0.2) is 4.98 Å². The zero-order valence-corrected chi connectivity index (χ0v) is 17.3. The molecule has 1 atom stereocenters. The normalized spacial score (nSPS) is 17.7. The van der Waals surface area contributed by atoms with Crippen LogP contribution in [0.25, 0.3) is 0 Å². The predicted octanol–water partition coefficient (Wildman–Crippen LogP) is 3.32. The van der Waals surface area contributed by atoms with Crippen molar-refractivity contribution in [2.24, 2.45) is 4.99 Å². The fourth-order valence-corrected chi connectivity index (χ4v) is 3.44. The summed E-state index contributed by atoms with van der Waals surface area (Å²) in [5, 5.41) is 3.33. The molecule has 9 heteroatoms. The molecule has 0 spiro atoms. The Kier molecular flexibility index (Phi) is 6.81. The summed E-state index contributed by atoms with van der Waals surface area (Å²) in [5.41, 5.74) is 0.856. The summed E-state index contributed by atoms with van der Waals surface area (Å²) in [7, 11) is 5.55. The number of rotatable bonds is 4. The van der Waals surface area contributed by atoms with Gasteiger partial charge in [-0.1, -0.05) is 18.2 Å². The quantitative estimate of drug-likeness (QED) is 0.606. The van der Waals surface area contributed by atoms with Gasteiger partial charge >= 0.3 is 6.18 Å². The van der Waals surface area contributed by atoms with Crippen LogP contribution in [0.2, 0.25) is 0 Å². The average Bonchev–Trinajstić information content (AvgIpc) is 2.74. The van der Waals surface area contributed by atoms with Gasteiger partial charge in [0.15, 0.2) is 5.96 Å². The first-order valence-electron chi connectivity index (χ1n) is 9.65. The van der Waals surface area contributed by atoms with Gasteiger partial charge in [-0.15, -0.1) is 0 Å². The number of aromatic nitrogens is 1. The van der Waals surface area contributed by atoms with Crippen LogP contribution < -0.4 is 10.2 Å². The topological polar surface area (TPSA) is 53.0 Å². The van der Waals surface area contributed by atoms with Crippen LogP contribution in [-0.2, 0) is 17.5 Å². The number of alkyl halides is 3. The molecule has 3 rings (SSSR count). The molecule has 2 aromatic rings. The van der Waals surface area contributed by atoms with E-state index in [4.69, 9.17) is 4.74 Å². The number of halogens is 3. The molecule has 1 aromatic heterocycles. The number of nitrogens with one attached hydrogen (secondary N) is 1. The number of hydrogen-bond acceptors (Lipinski definition) is 4. The van der Waals surface area contributed by atoms with E-state index in [1.165, 1.54) is 6.07 Å². The molecular weight excluding hydrogens is 395 g/mol. The lowest BCUT2D eigenvalue weighted by Gasteiger charge is -2.35. The Morgan fingerprint density at radius 3 is 2.80 bits per heavy atom. The van der Waals surface area contributed by atoms with Crippen molar-refractivity contribution in [3.63, 3.8) is 0 Å². The highest BCUT2D eigenvalue weighted by atomic mass is 19.4. The van der Waals surface area contributed by atoms with Crippen LogP contribution in [0.1, 0.15) is 22.8 Å². The van der Waals surface area contributed by atoms with Gasteiger partial charge in [-0.3, -0.25) is 4.99 Å². The minimum absolute atomic E-state index is 0.400. The van der Waals surface area contributed by atoms with E-state index < -0.39 is 17.8 Å². The van der Waals surface area contributed by atoms with Gasteiger partial charge in [0.2, 0.25) is 0 Å². The molecule has 1 saturated heterocycles. The zero-order chi connectivity index (χ0) is 21.7. The maximum absolute atomic E-state index is 13.1. The Morgan fingerprint density at radius 2 is 2.10 bits per heavy atom. The Hall–Kier alpha value is -2.81. The van der Waals surface area contributed by atoms with Gasteiger partial charge < -0.3 is 19.9 Å². The Bertz CT molecular complexity index is 885. The first kappa shape index (κ1) is 21.9. The maximum Gasteiger partial charge on any atom is 0.416 e. The molecule has 0 radical (unpaired) electrons. The summed E-state index contributed by atoms with van der Waals surface area (Å²) >= 11 is 0. The molecule has 0 bridgehead atoms. The lowest BCUT2D eigenvalue weighted by atomic mass is 10.0. The van der Waals surface area contributed by atoms with Crippen molar-refractivity contribution in [1.82, 2.24) is 15.2 Å². The van der Waals surface area contributed by atoms with Crippen molar-refractivity contribution in [3.05, 3.63) is 59.3 Å². The Balaban J connectivity index is 1.70. The molecule has 30 heavy (non-hydrogen) atoms. The lowest BCUT2D eigenvalue weighted by Crippen LogP contribution is -2.48. The zero-order valence-electron chi connectivity index (χ0n) is 17.3. The van der Waals surface area contributed by atoms with Gasteiger partial charge in [-0.05, 0) is 23.8 Å². The molecule has 1 unspecified atom stereocenters. The number of nitrogens with zero attached hydrogens (tertiary/aromatic N) is 4. The standard InChI is InChI=1S/C21H26F3N5O/c1-25-20(27-13-16-7-5-9-26-19(16)28(2)3)29-10-11-30-18(14-29)15-6-4-8-17(12-15)21(22,23)24/h4-9,12,18H,10-11,13-14H2,1-3H3,(H,25,27). The lowest BCUT2D eigenvalue weighted by molar-refractivity contribution is -0.137. The third-order valence-corrected chi connectivity index (χ3v) is 4.89. The van der Waals surface area contributed by atoms with Crippen LogP contribution >= 0.6 is 0 Å². The van der Waals surface area contributed by atoms with Crippen molar-refractivity contribution >= 4 is 11.8 Å². The molecule has 0 amide bonds. The molecule has 2 heterocycles. The number of guanidine groups is 1. The molecule has 162 valence electrons. The molecule has 0 aliphatic carbocycles. The van der Waals surface area contributed by atoms with Crippen LogP contribution in [0.4, 0.5) is 19.0 Å². The van der Waals surface area contributed by atoms with Crippen LogP contribution in [0.5, 0.6) is 0 Å². The highest BCUT2D eigenvalue weighted by molar-refractivity contribution is 5.80. The maximum atomic E-state index is 13.1. The van der Waals surface area contributed by atoms with Crippen LogP contribution in [0, 0.1) is 0 Å². The number of aliphatic imine (C=N–C) groups is 1. The fraction of sp³-hybridized carbons (Fsp3) is 0.429. The van der Waals surface area contributed by atoms with Crippen molar-refractivity contribution in [2.75, 3.05) is 45.7 Å². The number of pyridine rings is 1. The average molecular weight is 421 g/mol. The fourth-order valence-electron chi connectivity index (χ4n) is 3.44. The first-order chi connectivity index (χ1) is 14.3. The van der Waals surface area contributed by atoms with E-state index in [9.17, 15) is 13.2 Å². The third-order valence-electron chi connectivity index (χ3n) is 4.89. The Labute approximate surface area is 174 Å². The number of morpholine rings is 1. The summed E-state index contributed by atoms with van der Waals surface area (Å²) in [5.74, 6) is 1.54. The molecule has 1 aliphatic heterocycles. The van der Waals surface area contributed by atoms with Crippen molar-refractivity contribution in [1.29, 1.82) is 0 Å². The molecular formula is C21H26F3N5O. The van der Waals surface area contributed by atoms with E-state index >= 15 is 0 Å². The molecule has 1 aliphatic rings. The van der Waals surface area contributed by atoms with Gasteiger partial charge in [-0.2, -0.15) is 13.2 Å². The Morgan fingerprint density at radius 1 is 1.30 bits per heavy atom.